The fourth-order valence-electron chi connectivity index (χ4n) is 2.19. The van der Waals surface area contributed by atoms with E-state index in [9.17, 15) is 15.0 Å². The minimum absolute atomic E-state index is 0.0789. The molecule has 0 saturated carbocycles. The standard InChI is InChI=1S/C14H16N2O3/c1-14(9-15)4-6-16(7-5-14)13(19)11-3-2-10(17)8-12(11)18/h2-3,8,17-18H,4-7H2,1H3. The molecule has 5 nitrogen and oxygen atoms in total. The molecule has 1 saturated heterocycles. The summed E-state index contributed by atoms with van der Waals surface area (Å²) in [7, 11) is 0. The van der Waals surface area contributed by atoms with Gasteiger partial charge >= 0.3 is 0 Å². The Morgan fingerprint density at radius 3 is 2.53 bits per heavy atom. The van der Waals surface area contributed by atoms with Gasteiger partial charge in [0.2, 0.25) is 0 Å². The van der Waals surface area contributed by atoms with E-state index in [4.69, 9.17) is 5.26 Å². The third kappa shape index (κ3) is 2.63. The molecular weight excluding hydrogens is 244 g/mol. The molecule has 1 aromatic rings. The Bertz CT molecular complexity index is 540. The Morgan fingerprint density at radius 2 is 2.00 bits per heavy atom. The van der Waals surface area contributed by atoms with Crippen molar-refractivity contribution in [3.63, 3.8) is 0 Å². The molecule has 19 heavy (non-hydrogen) atoms. The van der Waals surface area contributed by atoms with Crippen molar-refractivity contribution < 1.29 is 15.0 Å². The number of phenolic OH excluding ortho intramolecular Hbond substituents is 2. The first-order chi connectivity index (χ1) is 8.95. The molecule has 0 aliphatic carbocycles. The molecule has 100 valence electrons. The smallest absolute Gasteiger partial charge is 0.257 e. The quantitative estimate of drug-likeness (QED) is 0.807. The van der Waals surface area contributed by atoms with Gasteiger partial charge in [-0.25, -0.2) is 0 Å². The molecule has 1 aliphatic heterocycles. The number of amides is 1. The summed E-state index contributed by atoms with van der Waals surface area (Å²) in [5.41, 5.74) is -0.188. The molecule has 0 aromatic heterocycles. The molecule has 1 amide bonds. The first-order valence-corrected chi connectivity index (χ1v) is 6.18. The molecule has 1 fully saturated rings. The van der Waals surface area contributed by atoms with Gasteiger partial charge in [-0.3, -0.25) is 4.79 Å². The molecular formula is C14H16N2O3. The van der Waals surface area contributed by atoms with Crippen LogP contribution in [0, 0.1) is 16.7 Å². The zero-order chi connectivity index (χ0) is 14.0. The summed E-state index contributed by atoms with van der Waals surface area (Å²) in [4.78, 5) is 13.9. The molecule has 0 spiro atoms. The van der Waals surface area contributed by atoms with Gasteiger partial charge in [0.25, 0.3) is 5.91 Å². The van der Waals surface area contributed by atoms with E-state index in [2.05, 4.69) is 6.07 Å². The van der Waals surface area contributed by atoms with Gasteiger partial charge in [0, 0.05) is 19.2 Å². The highest BCUT2D eigenvalue weighted by atomic mass is 16.3. The normalized spacial score (nSPS) is 17.8. The molecule has 2 N–H and O–H groups in total. The second kappa shape index (κ2) is 4.81. The van der Waals surface area contributed by atoms with E-state index in [1.807, 2.05) is 6.92 Å². The number of nitriles is 1. The monoisotopic (exact) mass is 260 g/mol. The Kier molecular flexibility index (Phi) is 3.34. The van der Waals surface area contributed by atoms with E-state index in [1.54, 1.807) is 4.90 Å². The molecule has 0 atom stereocenters. The molecule has 5 heteroatoms. The highest BCUT2D eigenvalue weighted by molar-refractivity contribution is 5.97. The summed E-state index contributed by atoms with van der Waals surface area (Å²) < 4.78 is 0. The van der Waals surface area contributed by atoms with Crippen molar-refractivity contribution in [3.8, 4) is 17.6 Å². The lowest BCUT2D eigenvalue weighted by Gasteiger charge is -2.35. The number of phenols is 2. The highest BCUT2D eigenvalue weighted by Gasteiger charge is 2.32. The zero-order valence-corrected chi connectivity index (χ0v) is 10.8. The minimum atomic E-state index is -0.367. The number of rotatable bonds is 1. The molecule has 0 radical (unpaired) electrons. The van der Waals surface area contributed by atoms with Crippen LogP contribution in [0.3, 0.4) is 0 Å². The molecule has 1 aromatic carbocycles. The first-order valence-electron chi connectivity index (χ1n) is 6.18. The second-order valence-electron chi connectivity index (χ2n) is 5.17. The van der Waals surface area contributed by atoms with Crippen LogP contribution in [0.4, 0.5) is 0 Å². The van der Waals surface area contributed by atoms with Crippen molar-refractivity contribution in [2.45, 2.75) is 19.8 Å². The number of carbonyl (C=O) groups excluding carboxylic acids is 1. The average molecular weight is 260 g/mol. The van der Waals surface area contributed by atoms with E-state index < -0.39 is 0 Å². The Labute approximate surface area is 111 Å². The van der Waals surface area contributed by atoms with E-state index in [1.165, 1.54) is 12.1 Å². The molecule has 0 unspecified atom stereocenters. The average Bonchev–Trinajstić information content (AvgIpc) is 2.39. The minimum Gasteiger partial charge on any atom is -0.508 e. The second-order valence-corrected chi connectivity index (χ2v) is 5.17. The van der Waals surface area contributed by atoms with Crippen LogP contribution in [-0.4, -0.2) is 34.1 Å². The SMILES string of the molecule is CC1(C#N)CCN(C(=O)c2ccc(O)cc2O)CC1. The predicted octanol–water partition coefficient (Wildman–Crippen LogP) is 1.86. The van der Waals surface area contributed by atoms with Crippen LogP contribution in [0.2, 0.25) is 0 Å². The van der Waals surface area contributed by atoms with Crippen LogP contribution >= 0.6 is 0 Å². The van der Waals surface area contributed by atoms with E-state index in [0.717, 1.165) is 6.07 Å². The maximum absolute atomic E-state index is 12.2. The third-order valence-electron chi connectivity index (χ3n) is 3.64. The van der Waals surface area contributed by atoms with Crippen LogP contribution in [0.25, 0.3) is 0 Å². The number of piperidine rings is 1. The number of benzene rings is 1. The van der Waals surface area contributed by atoms with Gasteiger partial charge in [0.15, 0.2) is 0 Å². The van der Waals surface area contributed by atoms with Crippen molar-refractivity contribution >= 4 is 5.91 Å². The number of hydrogen-bond acceptors (Lipinski definition) is 4. The number of likely N-dealkylation sites (tertiary alicyclic amines) is 1. The van der Waals surface area contributed by atoms with Crippen molar-refractivity contribution in [3.05, 3.63) is 23.8 Å². The molecule has 0 bridgehead atoms. The van der Waals surface area contributed by atoms with E-state index >= 15 is 0 Å². The number of hydrogen-bond donors (Lipinski definition) is 2. The fraction of sp³-hybridized carbons (Fsp3) is 0.429. The Morgan fingerprint density at radius 1 is 1.37 bits per heavy atom. The number of carbonyl (C=O) groups is 1. The zero-order valence-electron chi connectivity index (χ0n) is 10.8. The van der Waals surface area contributed by atoms with Crippen molar-refractivity contribution in [2.24, 2.45) is 5.41 Å². The number of aromatic hydroxyl groups is 2. The summed E-state index contributed by atoms with van der Waals surface area (Å²) in [6.45, 7) is 2.90. The highest BCUT2D eigenvalue weighted by Crippen LogP contribution is 2.31. The lowest BCUT2D eigenvalue weighted by atomic mass is 9.82. The van der Waals surface area contributed by atoms with Gasteiger partial charge in [-0.05, 0) is 31.9 Å². The Balaban J connectivity index is 2.12. The largest absolute Gasteiger partial charge is 0.508 e. The van der Waals surface area contributed by atoms with Crippen LogP contribution in [0.15, 0.2) is 18.2 Å². The van der Waals surface area contributed by atoms with E-state index in [-0.39, 0.29) is 28.4 Å². The van der Waals surface area contributed by atoms with Crippen LogP contribution in [0.5, 0.6) is 11.5 Å². The summed E-state index contributed by atoms with van der Waals surface area (Å²) in [5, 5.41) is 27.9. The van der Waals surface area contributed by atoms with Crippen LogP contribution < -0.4 is 0 Å². The Hall–Kier alpha value is -2.22. The van der Waals surface area contributed by atoms with E-state index in [0.29, 0.717) is 25.9 Å². The van der Waals surface area contributed by atoms with Crippen LogP contribution in [0.1, 0.15) is 30.1 Å². The lowest BCUT2D eigenvalue weighted by molar-refractivity contribution is 0.0659. The van der Waals surface area contributed by atoms with Crippen molar-refractivity contribution in [2.75, 3.05) is 13.1 Å². The number of nitrogens with zero attached hydrogens (tertiary/aromatic N) is 2. The summed E-state index contributed by atoms with van der Waals surface area (Å²) in [5.74, 6) is -0.569. The van der Waals surface area contributed by atoms with Crippen molar-refractivity contribution in [1.82, 2.24) is 4.90 Å². The lowest BCUT2D eigenvalue weighted by Crippen LogP contribution is -2.41. The van der Waals surface area contributed by atoms with Gasteiger partial charge < -0.3 is 15.1 Å². The van der Waals surface area contributed by atoms with Gasteiger partial charge in [-0.2, -0.15) is 5.26 Å². The topological polar surface area (TPSA) is 84.6 Å². The van der Waals surface area contributed by atoms with Gasteiger partial charge in [0.1, 0.15) is 11.5 Å². The molecule has 1 heterocycles. The molecule has 1 aliphatic rings. The maximum Gasteiger partial charge on any atom is 0.257 e. The maximum atomic E-state index is 12.2. The van der Waals surface area contributed by atoms with Crippen molar-refractivity contribution in [1.29, 1.82) is 5.26 Å². The summed E-state index contributed by atoms with van der Waals surface area (Å²) in [6, 6.07) is 6.21. The van der Waals surface area contributed by atoms with Gasteiger partial charge in [-0.1, -0.05) is 0 Å². The molecule has 2 rings (SSSR count). The first kappa shape index (κ1) is 13.2. The summed E-state index contributed by atoms with van der Waals surface area (Å²) >= 11 is 0. The summed E-state index contributed by atoms with van der Waals surface area (Å²) in [6.07, 6.45) is 1.27. The van der Waals surface area contributed by atoms with Gasteiger partial charge in [0.05, 0.1) is 17.0 Å². The predicted molar refractivity (Wildman–Crippen MR) is 68.6 cm³/mol. The fourth-order valence-corrected chi connectivity index (χ4v) is 2.19. The third-order valence-corrected chi connectivity index (χ3v) is 3.64. The van der Waals surface area contributed by atoms with Gasteiger partial charge in [-0.15, -0.1) is 0 Å². The van der Waals surface area contributed by atoms with Crippen LogP contribution in [-0.2, 0) is 0 Å².